The van der Waals surface area contributed by atoms with Crippen molar-refractivity contribution in [1.82, 2.24) is 9.71 Å². The molecule has 0 fully saturated rings. The van der Waals surface area contributed by atoms with Gasteiger partial charge in [-0.15, -0.1) is 0 Å². The Morgan fingerprint density at radius 2 is 1.71 bits per heavy atom. The van der Waals surface area contributed by atoms with Gasteiger partial charge in [-0.1, -0.05) is 41.9 Å². The summed E-state index contributed by atoms with van der Waals surface area (Å²) in [4.78, 5) is 16.8. The van der Waals surface area contributed by atoms with Gasteiger partial charge < -0.3 is 5.32 Å². The highest BCUT2D eigenvalue weighted by atomic mass is 35.5. The van der Waals surface area contributed by atoms with Gasteiger partial charge in [0.2, 0.25) is 15.9 Å². The third-order valence-corrected chi connectivity index (χ3v) is 5.69. The summed E-state index contributed by atoms with van der Waals surface area (Å²) in [5.41, 5.74) is 1.31. The standard InChI is InChI=1S/C20H18ClN3O3S/c21-16-8-10-18(11-9-16)28(26,27)24-19(13-15-5-2-1-3-6-15)20(25)23-17-7-4-12-22-14-17/h1-12,14,19,24H,13H2,(H,23,25). The van der Waals surface area contributed by atoms with Gasteiger partial charge in [-0.25, -0.2) is 8.42 Å². The van der Waals surface area contributed by atoms with Crippen LogP contribution in [0.4, 0.5) is 5.69 Å². The molecule has 3 rings (SSSR count). The van der Waals surface area contributed by atoms with Gasteiger partial charge in [0.1, 0.15) is 6.04 Å². The maximum absolute atomic E-state index is 12.8. The zero-order valence-electron chi connectivity index (χ0n) is 14.7. The Morgan fingerprint density at radius 3 is 2.36 bits per heavy atom. The predicted octanol–water partition coefficient (Wildman–Crippen LogP) is 3.26. The number of amides is 1. The summed E-state index contributed by atoms with van der Waals surface area (Å²) in [7, 11) is -3.92. The van der Waals surface area contributed by atoms with Gasteiger partial charge in [-0.3, -0.25) is 9.78 Å². The Balaban J connectivity index is 1.84. The van der Waals surface area contributed by atoms with Crippen molar-refractivity contribution >= 4 is 33.2 Å². The topological polar surface area (TPSA) is 88.2 Å². The van der Waals surface area contributed by atoms with Crippen LogP contribution in [0, 0.1) is 0 Å². The minimum absolute atomic E-state index is 0.0316. The minimum atomic E-state index is -3.92. The number of anilines is 1. The second-order valence-electron chi connectivity index (χ2n) is 6.05. The highest BCUT2D eigenvalue weighted by Crippen LogP contribution is 2.16. The van der Waals surface area contributed by atoms with Gasteiger partial charge in [0.25, 0.3) is 0 Å². The maximum Gasteiger partial charge on any atom is 0.242 e. The lowest BCUT2D eigenvalue weighted by Gasteiger charge is -2.19. The zero-order valence-corrected chi connectivity index (χ0v) is 16.3. The smallest absolute Gasteiger partial charge is 0.242 e. The molecule has 8 heteroatoms. The van der Waals surface area contributed by atoms with E-state index in [-0.39, 0.29) is 11.3 Å². The van der Waals surface area contributed by atoms with Gasteiger partial charge in [0.15, 0.2) is 0 Å². The summed E-state index contributed by atoms with van der Waals surface area (Å²) in [6, 6.07) is 17.3. The average Bonchev–Trinajstić information content (AvgIpc) is 2.69. The van der Waals surface area contributed by atoms with Crippen molar-refractivity contribution in [2.75, 3.05) is 5.32 Å². The molecule has 0 spiro atoms. The van der Waals surface area contributed by atoms with Crippen molar-refractivity contribution in [3.63, 3.8) is 0 Å². The first-order chi connectivity index (χ1) is 13.4. The second kappa shape index (κ2) is 8.97. The minimum Gasteiger partial charge on any atom is -0.323 e. The number of aromatic nitrogens is 1. The van der Waals surface area contributed by atoms with Crippen LogP contribution < -0.4 is 10.0 Å². The number of nitrogens with zero attached hydrogens (tertiary/aromatic N) is 1. The summed E-state index contributed by atoms with van der Waals surface area (Å²) in [6.45, 7) is 0. The van der Waals surface area contributed by atoms with Crippen LogP contribution in [-0.4, -0.2) is 25.4 Å². The molecule has 6 nitrogen and oxygen atoms in total. The number of sulfonamides is 1. The predicted molar refractivity (Wildman–Crippen MR) is 109 cm³/mol. The van der Waals surface area contributed by atoms with E-state index in [4.69, 9.17) is 11.6 Å². The first kappa shape index (κ1) is 20.0. The number of hydrogen-bond acceptors (Lipinski definition) is 4. The van der Waals surface area contributed by atoms with Crippen LogP contribution in [0.2, 0.25) is 5.02 Å². The third-order valence-electron chi connectivity index (χ3n) is 3.95. The molecule has 0 saturated heterocycles. The largest absolute Gasteiger partial charge is 0.323 e. The summed E-state index contributed by atoms with van der Waals surface area (Å²) >= 11 is 5.83. The molecule has 1 unspecified atom stereocenters. The summed E-state index contributed by atoms with van der Waals surface area (Å²) in [5, 5.41) is 3.12. The van der Waals surface area contributed by atoms with Crippen LogP contribution in [0.1, 0.15) is 5.56 Å². The van der Waals surface area contributed by atoms with Crippen LogP contribution in [0.3, 0.4) is 0 Å². The van der Waals surface area contributed by atoms with Crippen molar-refractivity contribution in [3.05, 3.63) is 89.7 Å². The molecule has 3 aromatic rings. The Bertz CT molecular complexity index is 1030. The number of benzene rings is 2. The van der Waals surface area contributed by atoms with Crippen LogP contribution in [0.15, 0.2) is 84.0 Å². The van der Waals surface area contributed by atoms with Gasteiger partial charge in [0, 0.05) is 11.2 Å². The lowest BCUT2D eigenvalue weighted by atomic mass is 10.1. The number of carbonyl (C=O) groups excluding carboxylic acids is 1. The van der Waals surface area contributed by atoms with E-state index in [9.17, 15) is 13.2 Å². The van der Waals surface area contributed by atoms with Gasteiger partial charge >= 0.3 is 0 Å². The summed E-state index contributed by atoms with van der Waals surface area (Å²) < 4.78 is 28.0. The lowest BCUT2D eigenvalue weighted by molar-refractivity contribution is -0.117. The molecule has 0 aliphatic carbocycles. The fourth-order valence-electron chi connectivity index (χ4n) is 2.57. The fourth-order valence-corrected chi connectivity index (χ4v) is 3.89. The number of halogens is 1. The number of nitrogens with one attached hydrogen (secondary N) is 2. The average molecular weight is 416 g/mol. The number of hydrogen-bond donors (Lipinski definition) is 2. The molecule has 1 amide bonds. The Morgan fingerprint density at radius 1 is 1.00 bits per heavy atom. The number of carbonyl (C=O) groups is 1. The molecule has 1 atom stereocenters. The van der Waals surface area contributed by atoms with Crippen LogP contribution >= 0.6 is 11.6 Å². The first-order valence-electron chi connectivity index (χ1n) is 8.47. The Labute approximate surface area is 168 Å². The molecule has 2 N–H and O–H groups in total. The summed E-state index contributed by atoms with van der Waals surface area (Å²) in [6.07, 6.45) is 3.27. The van der Waals surface area contributed by atoms with E-state index in [1.165, 1.54) is 30.5 Å². The SMILES string of the molecule is O=C(Nc1cccnc1)C(Cc1ccccc1)NS(=O)(=O)c1ccc(Cl)cc1. The normalized spacial score (nSPS) is 12.3. The van der Waals surface area contributed by atoms with E-state index in [2.05, 4.69) is 15.0 Å². The molecule has 1 aromatic heterocycles. The second-order valence-corrected chi connectivity index (χ2v) is 8.20. The van der Waals surface area contributed by atoms with E-state index in [0.29, 0.717) is 10.7 Å². The van der Waals surface area contributed by atoms with E-state index in [0.717, 1.165) is 5.56 Å². The van der Waals surface area contributed by atoms with Crippen LogP contribution in [-0.2, 0) is 21.2 Å². The molecule has 0 saturated carbocycles. The molecule has 28 heavy (non-hydrogen) atoms. The maximum atomic E-state index is 12.8. The molecule has 0 aliphatic rings. The van der Waals surface area contributed by atoms with Crippen LogP contribution in [0.5, 0.6) is 0 Å². The number of pyridine rings is 1. The summed E-state index contributed by atoms with van der Waals surface area (Å²) in [5.74, 6) is -0.477. The quantitative estimate of drug-likeness (QED) is 0.620. The molecular weight excluding hydrogens is 398 g/mol. The molecule has 0 radical (unpaired) electrons. The highest BCUT2D eigenvalue weighted by Gasteiger charge is 2.26. The van der Waals surface area contributed by atoms with E-state index < -0.39 is 22.0 Å². The molecule has 144 valence electrons. The lowest BCUT2D eigenvalue weighted by Crippen LogP contribution is -2.45. The van der Waals surface area contributed by atoms with Crippen molar-refractivity contribution in [3.8, 4) is 0 Å². The third kappa shape index (κ3) is 5.39. The van der Waals surface area contributed by atoms with Gasteiger partial charge in [-0.2, -0.15) is 4.72 Å². The van der Waals surface area contributed by atoms with E-state index >= 15 is 0 Å². The molecule has 0 aliphatic heterocycles. The Kier molecular flexibility index (Phi) is 6.41. The zero-order chi connectivity index (χ0) is 20.0. The van der Waals surface area contributed by atoms with Crippen molar-refractivity contribution in [2.24, 2.45) is 0 Å². The van der Waals surface area contributed by atoms with Crippen molar-refractivity contribution < 1.29 is 13.2 Å². The first-order valence-corrected chi connectivity index (χ1v) is 10.3. The van der Waals surface area contributed by atoms with E-state index in [1.807, 2.05) is 30.3 Å². The molecule has 2 aromatic carbocycles. The van der Waals surface area contributed by atoms with Gasteiger partial charge in [0.05, 0.1) is 16.8 Å². The van der Waals surface area contributed by atoms with Crippen molar-refractivity contribution in [1.29, 1.82) is 0 Å². The van der Waals surface area contributed by atoms with Crippen molar-refractivity contribution in [2.45, 2.75) is 17.4 Å². The van der Waals surface area contributed by atoms with E-state index in [1.54, 1.807) is 18.3 Å². The molecule has 1 heterocycles. The molecular formula is C20H18ClN3O3S. The fraction of sp³-hybridized carbons (Fsp3) is 0.100. The monoisotopic (exact) mass is 415 g/mol. The molecule has 0 bridgehead atoms. The van der Waals surface area contributed by atoms with Crippen LogP contribution in [0.25, 0.3) is 0 Å². The van der Waals surface area contributed by atoms with Gasteiger partial charge in [-0.05, 0) is 48.4 Å². The number of rotatable bonds is 7. The highest BCUT2D eigenvalue weighted by molar-refractivity contribution is 7.89. The Hall–Kier alpha value is -2.74.